The van der Waals surface area contributed by atoms with Gasteiger partial charge in [-0.05, 0) is 62.0 Å². The van der Waals surface area contributed by atoms with E-state index in [1.807, 2.05) is 68.1 Å². The van der Waals surface area contributed by atoms with Crippen molar-refractivity contribution in [3.8, 4) is 17.2 Å². The third-order valence-electron chi connectivity index (χ3n) is 10.3. The second kappa shape index (κ2) is 13.6. The van der Waals surface area contributed by atoms with Crippen LogP contribution in [0.2, 0.25) is 0 Å². The second-order valence-corrected chi connectivity index (χ2v) is 13.5. The molecule has 1 spiro atoms. The summed E-state index contributed by atoms with van der Waals surface area (Å²) in [5, 5.41) is 17.3. The molecule has 47 heavy (non-hydrogen) atoms. The molecule has 2 saturated heterocycles. The minimum atomic E-state index is -0.333. The lowest BCUT2D eigenvalue weighted by atomic mass is 9.73. The minimum Gasteiger partial charge on any atom is -0.373 e. The molecule has 2 atom stereocenters. The van der Waals surface area contributed by atoms with Crippen molar-refractivity contribution < 1.29 is 9.53 Å². The first-order chi connectivity index (χ1) is 23.0. The highest BCUT2D eigenvalue weighted by molar-refractivity contribution is 5.83. The van der Waals surface area contributed by atoms with E-state index in [1.54, 1.807) is 10.9 Å². The van der Waals surface area contributed by atoms with E-state index in [4.69, 9.17) is 14.7 Å². The summed E-state index contributed by atoms with van der Waals surface area (Å²) < 4.78 is 7.75. The average Bonchev–Trinajstić information content (AvgIpc) is 3.54. The Morgan fingerprint density at radius 1 is 1.06 bits per heavy atom. The number of amides is 1. The molecule has 3 aromatic heterocycles. The molecular weight excluding hydrogens is 588 g/mol. The first kappa shape index (κ1) is 31.0. The van der Waals surface area contributed by atoms with Crippen LogP contribution in [0.3, 0.4) is 0 Å². The van der Waals surface area contributed by atoms with Crippen molar-refractivity contribution in [3.05, 3.63) is 89.9 Å². The van der Waals surface area contributed by atoms with E-state index >= 15 is 0 Å². The van der Waals surface area contributed by atoms with Gasteiger partial charge in [0.05, 0.1) is 36.2 Å². The topological polar surface area (TPSA) is 122 Å². The van der Waals surface area contributed by atoms with Crippen molar-refractivity contribution in [1.82, 2.24) is 30.0 Å². The predicted octanol–water partition coefficient (Wildman–Crippen LogP) is 5.35. The molecule has 1 N–H and O–H groups in total. The number of aryl methyl sites for hydroxylation is 1. The Bertz CT molecular complexity index is 1720. The molecule has 4 aromatic rings. The number of nitrogens with zero attached hydrogens (tertiary/aromatic N) is 7. The van der Waals surface area contributed by atoms with Gasteiger partial charge in [0, 0.05) is 63.0 Å². The number of ether oxygens (including phenoxy) is 1. The third-order valence-corrected chi connectivity index (χ3v) is 10.3. The fourth-order valence-electron chi connectivity index (χ4n) is 7.62. The van der Waals surface area contributed by atoms with Gasteiger partial charge in [-0.15, -0.1) is 0 Å². The number of rotatable bonds is 9. The third kappa shape index (κ3) is 6.91. The monoisotopic (exact) mass is 630 g/mol. The number of carbonyl (C=O) groups is 1. The number of benzene rings is 1. The molecule has 7 rings (SSSR count). The van der Waals surface area contributed by atoms with E-state index in [0.29, 0.717) is 18.0 Å². The maximum absolute atomic E-state index is 13.8. The van der Waals surface area contributed by atoms with Crippen LogP contribution in [0.1, 0.15) is 73.5 Å². The molecule has 2 aliphatic heterocycles. The lowest BCUT2D eigenvalue weighted by molar-refractivity contribution is -0.151. The van der Waals surface area contributed by atoms with E-state index < -0.39 is 0 Å². The Balaban J connectivity index is 1.04. The maximum atomic E-state index is 13.8. The van der Waals surface area contributed by atoms with Crippen LogP contribution in [-0.4, -0.2) is 55.9 Å². The molecule has 1 aromatic carbocycles. The van der Waals surface area contributed by atoms with E-state index in [1.165, 1.54) is 0 Å². The van der Waals surface area contributed by atoms with Crippen LogP contribution in [-0.2, 0) is 29.5 Å². The molecule has 10 heteroatoms. The molecular formula is C37H42N8O2. The van der Waals surface area contributed by atoms with Gasteiger partial charge in [-0.2, -0.15) is 10.4 Å². The lowest BCUT2D eigenvalue weighted by Crippen LogP contribution is -2.56. The summed E-state index contributed by atoms with van der Waals surface area (Å²) in [5.74, 6) is 1.83. The normalized spacial score (nSPS) is 23.1. The van der Waals surface area contributed by atoms with Gasteiger partial charge >= 0.3 is 0 Å². The molecule has 1 saturated carbocycles. The molecule has 3 aliphatic rings. The Kier molecular flexibility index (Phi) is 8.99. The SMILES string of the molecule is Cn1cc(-c2ccc(C(C(=O)NCc3ccccc3)C3CCC(Cc4ncc(C#N)c(N5CCCC6(CCO6)C5)n4)CC3)nc2)cn1. The molecule has 1 amide bonds. The molecule has 10 nitrogen and oxygen atoms in total. The highest BCUT2D eigenvalue weighted by Crippen LogP contribution is 2.40. The zero-order valence-electron chi connectivity index (χ0n) is 27.0. The fraction of sp³-hybridized carbons (Fsp3) is 0.459. The average molecular weight is 631 g/mol. The van der Waals surface area contributed by atoms with E-state index in [-0.39, 0.29) is 23.3 Å². The highest BCUT2D eigenvalue weighted by atomic mass is 16.5. The number of pyridine rings is 1. The van der Waals surface area contributed by atoms with E-state index in [9.17, 15) is 10.1 Å². The van der Waals surface area contributed by atoms with Gasteiger partial charge < -0.3 is 15.0 Å². The summed E-state index contributed by atoms with van der Waals surface area (Å²) in [6.45, 7) is 2.97. The number of nitriles is 1. The number of aromatic nitrogens is 5. The largest absolute Gasteiger partial charge is 0.373 e. The first-order valence-electron chi connectivity index (χ1n) is 16.9. The standard InChI is InChI=1S/C37H42N8O2/c1-44-24-31(23-42-44)29-12-13-32(39-21-29)34(36(46)41-20-27-6-3-2-4-7-27)28-10-8-26(9-11-28)18-33-40-22-30(19-38)35(43-33)45-16-5-14-37(25-45)15-17-47-37/h2-4,6-7,12-13,21-24,26,28,34H,5,8-11,14-18,20,25H2,1H3,(H,41,46). The molecule has 5 heterocycles. The van der Waals surface area contributed by atoms with E-state index in [2.05, 4.69) is 26.4 Å². The maximum Gasteiger partial charge on any atom is 0.229 e. The van der Waals surface area contributed by atoms with Crippen LogP contribution in [0, 0.1) is 23.2 Å². The predicted molar refractivity (Wildman–Crippen MR) is 178 cm³/mol. The summed E-state index contributed by atoms with van der Waals surface area (Å²) in [6.07, 6.45) is 15.1. The molecule has 1 aliphatic carbocycles. The number of carbonyl (C=O) groups excluding carboxylic acids is 1. The lowest BCUT2D eigenvalue weighted by Gasteiger charge is -2.48. The summed E-state index contributed by atoms with van der Waals surface area (Å²) in [6, 6.07) is 16.4. The van der Waals surface area contributed by atoms with Gasteiger partial charge in [-0.1, -0.05) is 36.4 Å². The highest BCUT2D eigenvalue weighted by Gasteiger charge is 2.43. The van der Waals surface area contributed by atoms with Crippen LogP contribution in [0.25, 0.3) is 11.1 Å². The van der Waals surface area contributed by atoms with Gasteiger partial charge in [-0.3, -0.25) is 14.5 Å². The van der Waals surface area contributed by atoms with Gasteiger partial charge in [0.2, 0.25) is 5.91 Å². The molecule has 242 valence electrons. The summed E-state index contributed by atoms with van der Waals surface area (Å²) in [7, 11) is 1.90. The summed E-state index contributed by atoms with van der Waals surface area (Å²) >= 11 is 0. The number of hydrogen-bond donors (Lipinski definition) is 1. The van der Waals surface area contributed by atoms with Crippen molar-refractivity contribution in [2.24, 2.45) is 18.9 Å². The molecule has 3 fully saturated rings. The molecule has 2 unspecified atom stereocenters. The quantitative estimate of drug-likeness (QED) is 0.263. The van der Waals surface area contributed by atoms with Crippen LogP contribution in [0.4, 0.5) is 5.82 Å². The zero-order chi connectivity index (χ0) is 32.2. The number of nitrogens with one attached hydrogen (secondary N) is 1. The first-order valence-corrected chi connectivity index (χ1v) is 16.9. The number of piperidine rings is 1. The molecule has 0 radical (unpaired) electrons. The van der Waals surface area contributed by atoms with Crippen LogP contribution >= 0.6 is 0 Å². The zero-order valence-corrected chi connectivity index (χ0v) is 27.0. The van der Waals surface area contributed by atoms with Crippen LogP contribution < -0.4 is 10.2 Å². The second-order valence-electron chi connectivity index (χ2n) is 13.5. The van der Waals surface area contributed by atoms with Gasteiger partial charge in [-0.25, -0.2) is 9.97 Å². The smallest absolute Gasteiger partial charge is 0.229 e. The fourth-order valence-corrected chi connectivity index (χ4v) is 7.62. The van der Waals surface area contributed by atoms with Crippen molar-refractivity contribution >= 4 is 11.7 Å². The van der Waals surface area contributed by atoms with Crippen molar-refractivity contribution in [1.29, 1.82) is 5.26 Å². The van der Waals surface area contributed by atoms with Gasteiger partial charge in [0.1, 0.15) is 23.3 Å². The Morgan fingerprint density at radius 3 is 2.57 bits per heavy atom. The molecule has 0 bridgehead atoms. The van der Waals surface area contributed by atoms with Crippen molar-refractivity contribution in [2.75, 3.05) is 24.6 Å². The van der Waals surface area contributed by atoms with Crippen LogP contribution in [0.15, 0.2) is 67.3 Å². The summed E-state index contributed by atoms with van der Waals surface area (Å²) in [5.41, 5.74) is 4.32. The van der Waals surface area contributed by atoms with Crippen molar-refractivity contribution in [2.45, 2.75) is 69.4 Å². The van der Waals surface area contributed by atoms with Crippen LogP contribution in [0.5, 0.6) is 0 Å². The van der Waals surface area contributed by atoms with E-state index in [0.717, 1.165) is 105 Å². The Morgan fingerprint density at radius 2 is 1.89 bits per heavy atom. The number of hydrogen-bond acceptors (Lipinski definition) is 8. The Labute approximate surface area is 276 Å². The summed E-state index contributed by atoms with van der Waals surface area (Å²) in [4.78, 5) is 30.5. The Hall–Kier alpha value is -4.62. The van der Waals surface area contributed by atoms with Gasteiger partial charge in [0.15, 0.2) is 0 Å². The number of anilines is 1. The van der Waals surface area contributed by atoms with Crippen molar-refractivity contribution in [3.63, 3.8) is 0 Å². The minimum absolute atomic E-state index is 0.0220. The van der Waals surface area contributed by atoms with Gasteiger partial charge in [0.25, 0.3) is 0 Å².